The van der Waals surface area contributed by atoms with Gasteiger partial charge in [0.25, 0.3) is 0 Å². The van der Waals surface area contributed by atoms with Crippen molar-refractivity contribution in [2.45, 2.75) is 32.1 Å². The summed E-state index contributed by atoms with van der Waals surface area (Å²) in [6.45, 7) is 3.47. The molecule has 2 aliphatic heterocycles. The lowest BCUT2D eigenvalue weighted by atomic mass is 9.96. The van der Waals surface area contributed by atoms with Gasteiger partial charge in [0.2, 0.25) is 15.9 Å². The number of sulfonamides is 1. The number of amides is 1. The van der Waals surface area contributed by atoms with Crippen LogP contribution < -0.4 is 5.32 Å². The molecule has 0 spiro atoms. The number of likely N-dealkylation sites (tertiary alicyclic amines) is 1. The molecule has 0 unspecified atom stereocenters. The van der Waals surface area contributed by atoms with E-state index in [2.05, 4.69) is 5.32 Å². The number of likely N-dealkylation sites (N-methyl/N-ethyl adjacent to an activating group) is 1. The van der Waals surface area contributed by atoms with Gasteiger partial charge in [-0.05, 0) is 51.1 Å². The summed E-state index contributed by atoms with van der Waals surface area (Å²) in [7, 11) is -1.80. The van der Waals surface area contributed by atoms with Crippen molar-refractivity contribution in [1.82, 2.24) is 14.5 Å². The summed E-state index contributed by atoms with van der Waals surface area (Å²) in [4.78, 5) is 13.8. The Morgan fingerprint density at radius 1 is 1.24 bits per heavy atom. The fourth-order valence-electron chi connectivity index (χ4n) is 3.00. The second kappa shape index (κ2) is 7.56. The van der Waals surface area contributed by atoms with Gasteiger partial charge in [-0.2, -0.15) is 4.31 Å². The van der Waals surface area contributed by atoms with Gasteiger partial charge in [0.15, 0.2) is 0 Å². The normalized spacial score (nSPS) is 21.1. The Balaban J connectivity index is 1.78. The summed E-state index contributed by atoms with van der Waals surface area (Å²) in [6.07, 6.45) is 4.85. The van der Waals surface area contributed by atoms with E-state index < -0.39 is 10.0 Å². The van der Waals surface area contributed by atoms with Gasteiger partial charge in [-0.3, -0.25) is 4.79 Å². The van der Waals surface area contributed by atoms with Gasteiger partial charge < -0.3 is 10.2 Å². The number of nitrogens with one attached hydrogen (secondary N) is 1. The molecule has 0 atom stereocenters. The van der Waals surface area contributed by atoms with E-state index in [4.69, 9.17) is 0 Å². The standard InChI is InChI=1S/C14H27N3O3S/c1-16(12-14(18)17-9-2-3-10-17)21(19,20)11-6-13-4-7-15-8-5-13/h13,15H,2-12H2,1H3. The van der Waals surface area contributed by atoms with Crippen LogP contribution in [0, 0.1) is 5.92 Å². The molecule has 2 aliphatic rings. The SMILES string of the molecule is CN(CC(=O)N1CCCC1)S(=O)(=O)CCC1CCNCC1. The first-order valence-electron chi connectivity index (χ1n) is 7.91. The lowest BCUT2D eigenvalue weighted by molar-refractivity contribution is -0.130. The van der Waals surface area contributed by atoms with Crippen molar-refractivity contribution in [2.24, 2.45) is 5.92 Å². The fourth-order valence-corrected chi connectivity index (χ4v) is 4.25. The van der Waals surface area contributed by atoms with Gasteiger partial charge in [0, 0.05) is 20.1 Å². The molecule has 2 heterocycles. The van der Waals surface area contributed by atoms with Crippen LogP contribution in [0.5, 0.6) is 0 Å². The third-order valence-corrected chi connectivity index (χ3v) is 6.36. The molecular formula is C14H27N3O3S. The van der Waals surface area contributed by atoms with E-state index in [0.717, 1.165) is 51.9 Å². The van der Waals surface area contributed by atoms with Crippen molar-refractivity contribution in [2.75, 3.05) is 45.5 Å². The molecule has 21 heavy (non-hydrogen) atoms. The van der Waals surface area contributed by atoms with E-state index in [9.17, 15) is 13.2 Å². The second-order valence-electron chi connectivity index (χ2n) is 6.14. The average Bonchev–Trinajstić information content (AvgIpc) is 3.00. The van der Waals surface area contributed by atoms with Crippen LogP contribution in [-0.2, 0) is 14.8 Å². The van der Waals surface area contributed by atoms with Crippen LogP contribution in [0.2, 0.25) is 0 Å². The lowest BCUT2D eigenvalue weighted by Gasteiger charge is -2.24. The highest BCUT2D eigenvalue weighted by atomic mass is 32.2. The topological polar surface area (TPSA) is 69.7 Å². The summed E-state index contributed by atoms with van der Waals surface area (Å²) in [5, 5.41) is 3.28. The van der Waals surface area contributed by atoms with Gasteiger partial charge in [-0.15, -0.1) is 0 Å². The Morgan fingerprint density at radius 3 is 2.48 bits per heavy atom. The zero-order chi connectivity index (χ0) is 15.3. The monoisotopic (exact) mass is 317 g/mol. The Kier molecular flexibility index (Phi) is 6.01. The van der Waals surface area contributed by atoms with Gasteiger partial charge in [-0.1, -0.05) is 0 Å². The third kappa shape index (κ3) is 4.93. The molecule has 0 aromatic rings. The van der Waals surface area contributed by atoms with Crippen molar-refractivity contribution < 1.29 is 13.2 Å². The number of piperidine rings is 1. The zero-order valence-corrected chi connectivity index (χ0v) is 13.7. The Labute approximate surface area is 127 Å². The molecule has 122 valence electrons. The number of hydrogen-bond donors (Lipinski definition) is 1. The van der Waals surface area contributed by atoms with Crippen LogP contribution in [0.25, 0.3) is 0 Å². The Bertz CT molecular complexity index is 440. The highest BCUT2D eigenvalue weighted by Gasteiger charge is 2.26. The molecule has 0 saturated carbocycles. The molecule has 1 amide bonds. The first kappa shape index (κ1) is 16.7. The Hall–Kier alpha value is -0.660. The lowest BCUT2D eigenvalue weighted by Crippen LogP contribution is -2.41. The molecule has 0 aromatic heterocycles. The molecule has 7 heteroatoms. The summed E-state index contributed by atoms with van der Waals surface area (Å²) >= 11 is 0. The van der Waals surface area contributed by atoms with Gasteiger partial charge >= 0.3 is 0 Å². The van der Waals surface area contributed by atoms with Crippen molar-refractivity contribution >= 4 is 15.9 Å². The maximum Gasteiger partial charge on any atom is 0.237 e. The third-order valence-electron chi connectivity index (χ3n) is 4.53. The van der Waals surface area contributed by atoms with E-state index in [1.807, 2.05) is 0 Å². The number of nitrogens with zero attached hydrogens (tertiary/aromatic N) is 2. The second-order valence-corrected chi connectivity index (χ2v) is 8.34. The molecule has 0 radical (unpaired) electrons. The van der Waals surface area contributed by atoms with Crippen LogP contribution in [0.1, 0.15) is 32.1 Å². The number of carbonyl (C=O) groups excluding carboxylic acids is 1. The molecule has 0 aliphatic carbocycles. The summed E-state index contributed by atoms with van der Waals surface area (Å²) in [6, 6.07) is 0. The molecule has 0 aromatic carbocycles. The highest BCUT2D eigenvalue weighted by molar-refractivity contribution is 7.89. The fraction of sp³-hybridized carbons (Fsp3) is 0.929. The van der Waals surface area contributed by atoms with E-state index in [1.165, 1.54) is 11.4 Å². The van der Waals surface area contributed by atoms with Crippen molar-refractivity contribution in [3.63, 3.8) is 0 Å². The molecular weight excluding hydrogens is 290 g/mol. The molecule has 2 saturated heterocycles. The smallest absolute Gasteiger partial charge is 0.237 e. The van der Waals surface area contributed by atoms with E-state index in [-0.39, 0.29) is 18.2 Å². The first-order valence-corrected chi connectivity index (χ1v) is 9.52. The quantitative estimate of drug-likeness (QED) is 0.763. The maximum absolute atomic E-state index is 12.3. The van der Waals surface area contributed by atoms with E-state index >= 15 is 0 Å². The Morgan fingerprint density at radius 2 is 1.86 bits per heavy atom. The van der Waals surface area contributed by atoms with E-state index in [1.54, 1.807) is 4.90 Å². The highest BCUT2D eigenvalue weighted by Crippen LogP contribution is 2.17. The van der Waals surface area contributed by atoms with Crippen LogP contribution in [0.15, 0.2) is 0 Å². The van der Waals surface area contributed by atoms with Gasteiger partial charge in [-0.25, -0.2) is 8.42 Å². The van der Waals surface area contributed by atoms with Gasteiger partial charge in [0.1, 0.15) is 0 Å². The molecule has 6 nitrogen and oxygen atoms in total. The largest absolute Gasteiger partial charge is 0.342 e. The van der Waals surface area contributed by atoms with Crippen LogP contribution in [0.3, 0.4) is 0 Å². The summed E-state index contributed by atoms with van der Waals surface area (Å²) in [5.41, 5.74) is 0. The molecule has 2 fully saturated rings. The minimum atomic E-state index is -3.32. The van der Waals surface area contributed by atoms with Crippen molar-refractivity contribution in [3.05, 3.63) is 0 Å². The molecule has 2 rings (SSSR count). The minimum Gasteiger partial charge on any atom is -0.342 e. The first-order chi connectivity index (χ1) is 9.99. The van der Waals surface area contributed by atoms with E-state index in [0.29, 0.717) is 12.3 Å². The molecule has 1 N–H and O–H groups in total. The van der Waals surface area contributed by atoms with Crippen LogP contribution in [-0.4, -0.2) is 69.1 Å². The van der Waals surface area contributed by atoms with Crippen molar-refractivity contribution in [1.29, 1.82) is 0 Å². The zero-order valence-electron chi connectivity index (χ0n) is 12.9. The summed E-state index contributed by atoms with van der Waals surface area (Å²) < 4.78 is 25.8. The van der Waals surface area contributed by atoms with Crippen LogP contribution >= 0.6 is 0 Å². The van der Waals surface area contributed by atoms with Gasteiger partial charge in [0.05, 0.1) is 12.3 Å². The van der Waals surface area contributed by atoms with Crippen LogP contribution in [0.4, 0.5) is 0 Å². The number of hydrogen-bond acceptors (Lipinski definition) is 4. The summed E-state index contributed by atoms with van der Waals surface area (Å²) in [5.74, 6) is 0.575. The average molecular weight is 317 g/mol. The molecule has 0 bridgehead atoms. The van der Waals surface area contributed by atoms with Crippen molar-refractivity contribution in [3.8, 4) is 0 Å². The predicted octanol–water partition coefficient (Wildman–Crippen LogP) is 0.260. The number of carbonyl (C=O) groups is 1. The maximum atomic E-state index is 12.3. The predicted molar refractivity (Wildman–Crippen MR) is 82.4 cm³/mol. The number of rotatable bonds is 6. The minimum absolute atomic E-state index is 0.0193.